The first kappa shape index (κ1) is 13.8. The molecule has 102 valence electrons. The molecule has 1 aromatic heterocycles. The van der Waals surface area contributed by atoms with Gasteiger partial charge in [-0.1, -0.05) is 25.1 Å². The maximum Gasteiger partial charge on any atom is 0.0693 e. The van der Waals surface area contributed by atoms with Crippen LogP contribution in [0.3, 0.4) is 0 Å². The molecule has 0 fully saturated rings. The molecule has 2 N–H and O–H groups in total. The maximum absolute atomic E-state index is 9.63. The minimum atomic E-state index is -0.292. The summed E-state index contributed by atoms with van der Waals surface area (Å²) in [6.45, 7) is 4.69. The van der Waals surface area contributed by atoms with Crippen molar-refractivity contribution in [3.05, 3.63) is 48.3 Å². The monoisotopic (exact) mass is 259 g/mol. The van der Waals surface area contributed by atoms with Gasteiger partial charge in [0.15, 0.2) is 0 Å². The Bertz CT molecular complexity index is 496. The fourth-order valence-electron chi connectivity index (χ4n) is 2.04. The van der Waals surface area contributed by atoms with E-state index in [1.807, 2.05) is 36.0 Å². The van der Waals surface area contributed by atoms with Gasteiger partial charge in [-0.3, -0.25) is 0 Å². The average molecular weight is 259 g/mol. The lowest BCUT2D eigenvalue weighted by molar-refractivity contribution is 0.163. The fraction of sp³-hybridized carbons (Fsp3) is 0.400. The molecule has 2 atom stereocenters. The van der Waals surface area contributed by atoms with Crippen LogP contribution in [0.4, 0.5) is 0 Å². The topological polar surface area (TPSA) is 50.1 Å². The second-order valence-electron chi connectivity index (χ2n) is 4.70. The van der Waals surface area contributed by atoms with Crippen molar-refractivity contribution in [1.82, 2.24) is 15.1 Å². The highest BCUT2D eigenvalue weighted by atomic mass is 16.3. The molecule has 2 aromatic rings. The lowest BCUT2D eigenvalue weighted by Gasteiger charge is -2.19. The van der Waals surface area contributed by atoms with E-state index in [1.165, 1.54) is 5.56 Å². The van der Waals surface area contributed by atoms with Crippen LogP contribution in [0.5, 0.6) is 0 Å². The molecule has 0 aliphatic heterocycles. The smallest absolute Gasteiger partial charge is 0.0693 e. The molecule has 4 heteroatoms. The average Bonchev–Trinajstić information content (AvgIpc) is 2.98. The number of aromatic nitrogens is 2. The Morgan fingerprint density at radius 1 is 1.32 bits per heavy atom. The number of hydrogen-bond donors (Lipinski definition) is 2. The molecule has 1 unspecified atom stereocenters. The highest BCUT2D eigenvalue weighted by Crippen LogP contribution is 2.20. The van der Waals surface area contributed by atoms with Gasteiger partial charge in [-0.15, -0.1) is 0 Å². The van der Waals surface area contributed by atoms with E-state index in [4.69, 9.17) is 0 Å². The van der Waals surface area contributed by atoms with Gasteiger partial charge in [-0.2, -0.15) is 5.10 Å². The summed E-state index contributed by atoms with van der Waals surface area (Å²) in [6, 6.07) is 10.3. The van der Waals surface area contributed by atoms with Gasteiger partial charge in [0.05, 0.1) is 11.8 Å². The quantitative estimate of drug-likeness (QED) is 0.837. The first-order valence-corrected chi connectivity index (χ1v) is 6.72. The van der Waals surface area contributed by atoms with Crippen LogP contribution in [-0.4, -0.2) is 27.5 Å². The van der Waals surface area contributed by atoms with Gasteiger partial charge in [-0.05, 0) is 31.0 Å². The molecule has 1 heterocycles. The van der Waals surface area contributed by atoms with Crippen LogP contribution in [0, 0.1) is 0 Å². The summed E-state index contributed by atoms with van der Waals surface area (Å²) in [5.74, 6) is 0. The first-order valence-electron chi connectivity index (χ1n) is 6.72. The van der Waals surface area contributed by atoms with E-state index in [9.17, 15) is 5.11 Å². The first-order chi connectivity index (χ1) is 9.22. The summed E-state index contributed by atoms with van der Waals surface area (Å²) < 4.78 is 1.86. The van der Waals surface area contributed by atoms with E-state index in [0.29, 0.717) is 6.54 Å². The summed E-state index contributed by atoms with van der Waals surface area (Å²) in [7, 11) is 0. The van der Waals surface area contributed by atoms with Gasteiger partial charge in [0.25, 0.3) is 0 Å². The molecule has 0 radical (unpaired) electrons. The second-order valence-corrected chi connectivity index (χ2v) is 4.70. The Morgan fingerprint density at radius 3 is 2.79 bits per heavy atom. The van der Waals surface area contributed by atoms with Crippen molar-refractivity contribution in [2.75, 3.05) is 6.54 Å². The van der Waals surface area contributed by atoms with Crippen LogP contribution in [0.15, 0.2) is 42.7 Å². The van der Waals surface area contributed by atoms with E-state index >= 15 is 0 Å². The Kier molecular flexibility index (Phi) is 4.71. The number of nitrogens with zero attached hydrogens (tertiary/aromatic N) is 2. The second kappa shape index (κ2) is 6.50. The van der Waals surface area contributed by atoms with Crippen molar-refractivity contribution >= 4 is 0 Å². The predicted molar refractivity (Wildman–Crippen MR) is 76.3 cm³/mol. The van der Waals surface area contributed by atoms with Crippen LogP contribution in [-0.2, 0) is 0 Å². The Hall–Kier alpha value is -1.65. The van der Waals surface area contributed by atoms with Crippen LogP contribution in [0.25, 0.3) is 5.69 Å². The van der Waals surface area contributed by atoms with E-state index in [2.05, 4.69) is 29.5 Å². The molecule has 0 aliphatic rings. The zero-order valence-corrected chi connectivity index (χ0v) is 11.5. The van der Waals surface area contributed by atoms with E-state index < -0.39 is 0 Å². The standard InChI is InChI=1S/C15H21N3O/c1-3-13(19)11-16-12(2)14-7-4-5-8-15(14)18-10-6-9-17-18/h4-10,12-13,16,19H,3,11H2,1-2H3/t12?,13-/m1/s1. The molecule has 0 saturated heterocycles. The summed E-state index contributed by atoms with van der Waals surface area (Å²) in [6.07, 6.45) is 4.18. The minimum Gasteiger partial charge on any atom is -0.392 e. The predicted octanol–water partition coefficient (Wildman–Crippen LogP) is 2.29. The van der Waals surface area contributed by atoms with Crippen molar-refractivity contribution in [2.24, 2.45) is 0 Å². The van der Waals surface area contributed by atoms with Crippen LogP contribution in [0.2, 0.25) is 0 Å². The third-order valence-corrected chi connectivity index (χ3v) is 3.29. The van der Waals surface area contributed by atoms with Crippen molar-refractivity contribution in [3.8, 4) is 5.69 Å². The number of rotatable bonds is 6. The van der Waals surface area contributed by atoms with Gasteiger partial charge < -0.3 is 10.4 Å². The number of aliphatic hydroxyl groups excluding tert-OH is 1. The van der Waals surface area contributed by atoms with Crippen LogP contribution in [0.1, 0.15) is 31.9 Å². The number of hydrogen-bond acceptors (Lipinski definition) is 3. The molecule has 0 spiro atoms. The summed E-state index contributed by atoms with van der Waals surface area (Å²) in [5, 5.41) is 17.3. The van der Waals surface area contributed by atoms with Gasteiger partial charge >= 0.3 is 0 Å². The molecular weight excluding hydrogens is 238 g/mol. The van der Waals surface area contributed by atoms with E-state index in [1.54, 1.807) is 6.20 Å². The lowest BCUT2D eigenvalue weighted by Crippen LogP contribution is -2.29. The molecule has 4 nitrogen and oxygen atoms in total. The lowest BCUT2D eigenvalue weighted by atomic mass is 10.1. The highest BCUT2D eigenvalue weighted by Gasteiger charge is 2.12. The third kappa shape index (κ3) is 3.43. The highest BCUT2D eigenvalue weighted by molar-refractivity contribution is 5.42. The number of para-hydroxylation sites is 1. The van der Waals surface area contributed by atoms with Crippen molar-refractivity contribution in [2.45, 2.75) is 32.4 Å². The van der Waals surface area contributed by atoms with Crippen molar-refractivity contribution < 1.29 is 5.11 Å². The normalized spacial score (nSPS) is 14.3. The van der Waals surface area contributed by atoms with Gasteiger partial charge in [-0.25, -0.2) is 4.68 Å². The molecular formula is C15H21N3O. The summed E-state index contributed by atoms with van der Waals surface area (Å²) in [4.78, 5) is 0. The molecule has 1 aromatic carbocycles. The Morgan fingerprint density at radius 2 is 2.11 bits per heavy atom. The van der Waals surface area contributed by atoms with Gasteiger partial charge in [0.2, 0.25) is 0 Å². The SMILES string of the molecule is CC[C@@H](O)CNC(C)c1ccccc1-n1cccn1. The maximum atomic E-state index is 9.63. The van der Waals surface area contributed by atoms with Crippen molar-refractivity contribution in [3.63, 3.8) is 0 Å². The molecule has 0 amide bonds. The zero-order valence-electron chi connectivity index (χ0n) is 11.5. The molecule has 0 bridgehead atoms. The van der Waals surface area contributed by atoms with E-state index in [0.717, 1.165) is 12.1 Å². The van der Waals surface area contributed by atoms with E-state index in [-0.39, 0.29) is 12.1 Å². The van der Waals surface area contributed by atoms with Gasteiger partial charge in [0, 0.05) is 25.0 Å². The Balaban J connectivity index is 2.15. The largest absolute Gasteiger partial charge is 0.392 e. The number of benzene rings is 1. The molecule has 0 saturated carbocycles. The summed E-state index contributed by atoms with van der Waals surface area (Å²) in [5.41, 5.74) is 2.24. The summed E-state index contributed by atoms with van der Waals surface area (Å²) >= 11 is 0. The third-order valence-electron chi connectivity index (χ3n) is 3.29. The fourth-order valence-corrected chi connectivity index (χ4v) is 2.04. The molecule has 19 heavy (non-hydrogen) atoms. The number of aliphatic hydroxyl groups is 1. The zero-order chi connectivity index (χ0) is 13.7. The van der Waals surface area contributed by atoms with Crippen LogP contribution < -0.4 is 5.32 Å². The molecule has 2 rings (SSSR count). The Labute approximate surface area is 114 Å². The minimum absolute atomic E-state index is 0.168. The number of nitrogens with one attached hydrogen (secondary N) is 1. The van der Waals surface area contributed by atoms with Gasteiger partial charge in [0.1, 0.15) is 0 Å². The molecule has 0 aliphatic carbocycles. The van der Waals surface area contributed by atoms with Crippen LogP contribution >= 0.6 is 0 Å². The van der Waals surface area contributed by atoms with Crippen molar-refractivity contribution in [1.29, 1.82) is 0 Å².